The zero-order valence-corrected chi connectivity index (χ0v) is 18.2. The second-order valence-electron chi connectivity index (χ2n) is 6.93. The summed E-state index contributed by atoms with van der Waals surface area (Å²) in [4.78, 5) is 16.7. The highest BCUT2D eigenvalue weighted by atomic mass is 35.5. The Labute approximate surface area is 190 Å². The fourth-order valence-corrected chi connectivity index (χ4v) is 4.49. The van der Waals surface area contributed by atoms with Crippen LogP contribution in [-0.2, 0) is 6.18 Å². The summed E-state index contributed by atoms with van der Waals surface area (Å²) in [5.41, 5.74) is 5.99. The maximum Gasteiger partial charge on any atom is 0.416 e. The van der Waals surface area contributed by atoms with Gasteiger partial charge in [-0.2, -0.15) is 13.2 Å². The monoisotopic (exact) mass is 476 g/mol. The van der Waals surface area contributed by atoms with Crippen molar-refractivity contribution in [3.05, 3.63) is 81.6 Å². The number of halogens is 4. The molecule has 3 N–H and O–H groups in total. The lowest BCUT2D eigenvalue weighted by Crippen LogP contribution is -2.12. The number of fused-ring (bicyclic) bond motifs is 1. The van der Waals surface area contributed by atoms with Crippen molar-refractivity contribution in [1.82, 2.24) is 4.98 Å². The maximum absolute atomic E-state index is 13.5. The van der Waals surface area contributed by atoms with Crippen LogP contribution < -0.4 is 16.0 Å². The van der Waals surface area contributed by atoms with E-state index < -0.39 is 17.3 Å². The minimum absolute atomic E-state index is 0.210. The van der Waals surface area contributed by atoms with Crippen molar-refractivity contribution >= 4 is 40.0 Å². The maximum atomic E-state index is 13.5. The van der Waals surface area contributed by atoms with Crippen molar-refractivity contribution < 1.29 is 17.9 Å². The molecule has 0 bridgehead atoms. The van der Waals surface area contributed by atoms with Gasteiger partial charge in [-0.15, -0.1) is 0 Å². The van der Waals surface area contributed by atoms with Gasteiger partial charge in [-0.1, -0.05) is 23.4 Å². The Morgan fingerprint density at radius 1 is 1.03 bits per heavy atom. The number of benzene rings is 3. The topological polar surface area (TPSA) is 68.1 Å². The van der Waals surface area contributed by atoms with Crippen LogP contribution in [-0.4, -0.2) is 12.1 Å². The molecule has 1 aromatic heterocycles. The van der Waals surface area contributed by atoms with Crippen LogP contribution in [0.2, 0.25) is 5.02 Å². The first-order chi connectivity index (χ1) is 15.2. The van der Waals surface area contributed by atoms with Gasteiger partial charge in [0.2, 0.25) is 0 Å². The molecular weight excluding hydrogens is 461 g/mol. The van der Waals surface area contributed by atoms with Crippen LogP contribution in [0.3, 0.4) is 0 Å². The van der Waals surface area contributed by atoms with Crippen LogP contribution in [0, 0.1) is 0 Å². The van der Waals surface area contributed by atoms with Gasteiger partial charge in [-0.25, -0.2) is 0 Å². The van der Waals surface area contributed by atoms with Gasteiger partial charge in [-0.05, 0) is 60.7 Å². The Kier molecular flexibility index (Phi) is 5.83. The van der Waals surface area contributed by atoms with Crippen LogP contribution in [0.4, 0.5) is 18.9 Å². The molecular formula is C23H16ClF3N2O2S. The van der Waals surface area contributed by atoms with Gasteiger partial charge in [0.15, 0.2) is 0 Å². The summed E-state index contributed by atoms with van der Waals surface area (Å²) in [5.74, 6) is 0.373. The van der Waals surface area contributed by atoms with E-state index in [1.807, 2.05) is 0 Å². The van der Waals surface area contributed by atoms with E-state index in [0.29, 0.717) is 32.5 Å². The first-order valence-corrected chi connectivity index (χ1v) is 10.5. The predicted molar refractivity (Wildman–Crippen MR) is 122 cm³/mol. The molecule has 4 rings (SSSR count). The SMILES string of the molecule is COc1ccc(Cl)cc1-c1c(Sc2ccc(N)cc2)c(=O)[nH]c2ccc(C(F)(F)F)cc12. The highest BCUT2D eigenvalue weighted by Gasteiger charge is 2.31. The van der Waals surface area contributed by atoms with Crippen molar-refractivity contribution in [3.63, 3.8) is 0 Å². The van der Waals surface area contributed by atoms with Gasteiger partial charge in [0.25, 0.3) is 5.56 Å². The molecule has 0 saturated heterocycles. The Morgan fingerprint density at radius 2 is 1.75 bits per heavy atom. The van der Waals surface area contributed by atoms with Crippen LogP contribution in [0.15, 0.2) is 75.2 Å². The predicted octanol–water partition coefficient (Wildman–Crippen LogP) is 6.61. The van der Waals surface area contributed by atoms with Crippen LogP contribution in [0.5, 0.6) is 5.75 Å². The molecule has 32 heavy (non-hydrogen) atoms. The normalized spacial score (nSPS) is 11.7. The van der Waals surface area contributed by atoms with Crippen molar-refractivity contribution in [2.24, 2.45) is 0 Å². The Balaban J connectivity index is 2.09. The van der Waals surface area contributed by atoms with E-state index in [2.05, 4.69) is 4.98 Å². The standard InChI is InChI=1S/C23H16ClF3N2O2S/c1-31-19-9-3-13(24)11-17(19)20-16-10-12(23(25,26)27)2-8-18(16)29-22(30)21(20)32-15-6-4-14(28)5-7-15/h2-11H,28H2,1H3,(H,29,30). The fraction of sp³-hybridized carbons (Fsp3) is 0.0870. The Hall–Kier alpha value is -3.10. The molecule has 0 fully saturated rings. The molecule has 0 spiro atoms. The number of methoxy groups -OCH3 is 1. The Morgan fingerprint density at radius 3 is 2.41 bits per heavy atom. The van der Waals surface area contributed by atoms with Crippen molar-refractivity contribution in [2.45, 2.75) is 16.0 Å². The lowest BCUT2D eigenvalue weighted by molar-refractivity contribution is -0.137. The number of aromatic nitrogens is 1. The number of hydrogen-bond acceptors (Lipinski definition) is 4. The molecule has 1 heterocycles. The van der Waals surface area contributed by atoms with Gasteiger partial charge in [0.05, 0.1) is 17.6 Å². The van der Waals surface area contributed by atoms with E-state index in [9.17, 15) is 18.0 Å². The molecule has 3 aromatic carbocycles. The number of ether oxygens (including phenoxy) is 1. The summed E-state index contributed by atoms with van der Waals surface area (Å²) in [7, 11) is 1.44. The molecule has 164 valence electrons. The number of nitrogen functional groups attached to an aromatic ring is 1. The second kappa shape index (κ2) is 8.44. The number of nitrogens with two attached hydrogens (primary N) is 1. The molecule has 0 unspecified atom stereocenters. The Bertz CT molecular complexity index is 1370. The van der Waals surface area contributed by atoms with E-state index in [-0.39, 0.29) is 15.8 Å². The largest absolute Gasteiger partial charge is 0.496 e. The molecule has 0 aliphatic heterocycles. The van der Waals surface area contributed by atoms with Crippen molar-refractivity contribution in [3.8, 4) is 16.9 Å². The van der Waals surface area contributed by atoms with E-state index in [4.69, 9.17) is 22.1 Å². The van der Waals surface area contributed by atoms with E-state index >= 15 is 0 Å². The number of hydrogen-bond donors (Lipinski definition) is 2. The van der Waals surface area contributed by atoms with Gasteiger partial charge in [-0.3, -0.25) is 4.79 Å². The highest BCUT2D eigenvalue weighted by molar-refractivity contribution is 7.99. The lowest BCUT2D eigenvalue weighted by Gasteiger charge is -2.17. The van der Waals surface area contributed by atoms with E-state index in [1.54, 1.807) is 42.5 Å². The highest BCUT2D eigenvalue weighted by Crippen LogP contribution is 2.43. The summed E-state index contributed by atoms with van der Waals surface area (Å²) in [6.45, 7) is 0. The first kappa shape index (κ1) is 22.1. The van der Waals surface area contributed by atoms with Crippen LogP contribution in [0.25, 0.3) is 22.0 Å². The summed E-state index contributed by atoms with van der Waals surface area (Å²) in [6, 6.07) is 14.8. The number of aromatic amines is 1. The van der Waals surface area contributed by atoms with Crippen molar-refractivity contribution in [1.29, 1.82) is 0 Å². The average molecular weight is 477 g/mol. The minimum Gasteiger partial charge on any atom is -0.496 e. The van der Waals surface area contributed by atoms with E-state index in [0.717, 1.165) is 23.9 Å². The van der Waals surface area contributed by atoms with Crippen LogP contribution >= 0.6 is 23.4 Å². The number of rotatable bonds is 4. The minimum atomic E-state index is -4.55. The number of anilines is 1. The van der Waals surface area contributed by atoms with Crippen LogP contribution in [0.1, 0.15) is 5.56 Å². The molecule has 0 amide bonds. The van der Waals surface area contributed by atoms with Crippen molar-refractivity contribution in [2.75, 3.05) is 12.8 Å². The fourth-order valence-electron chi connectivity index (χ4n) is 3.35. The quantitative estimate of drug-likeness (QED) is 0.325. The number of alkyl halides is 3. The number of nitrogens with one attached hydrogen (secondary N) is 1. The summed E-state index contributed by atoms with van der Waals surface area (Å²) < 4.78 is 45.9. The van der Waals surface area contributed by atoms with Gasteiger partial charge < -0.3 is 15.5 Å². The molecule has 4 nitrogen and oxygen atoms in total. The molecule has 0 atom stereocenters. The first-order valence-electron chi connectivity index (χ1n) is 9.32. The van der Waals surface area contributed by atoms with Gasteiger partial charge >= 0.3 is 6.18 Å². The molecule has 0 radical (unpaired) electrons. The second-order valence-corrected chi connectivity index (χ2v) is 8.45. The molecule has 0 aliphatic carbocycles. The molecule has 0 aliphatic rings. The van der Waals surface area contributed by atoms with Gasteiger partial charge in [0, 0.05) is 37.6 Å². The number of pyridine rings is 1. The molecule has 0 saturated carbocycles. The summed E-state index contributed by atoms with van der Waals surface area (Å²) in [6.07, 6.45) is -4.55. The zero-order chi connectivity index (χ0) is 23.0. The third kappa shape index (κ3) is 4.28. The lowest BCUT2D eigenvalue weighted by atomic mass is 9.98. The number of H-pyrrole nitrogens is 1. The smallest absolute Gasteiger partial charge is 0.416 e. The molecule has 9 heteroatoms. The summed E-state index contributed by atoms with van der Waals surface area (Å²) in [5, 5.41) is 0.572. The third-order valence-electron chi connectivity index (χ3n) is 4.83. The van der Waals surface area contributed by atoms with E-state index in [1.165, 1.54) is 13.2 Å². The zero-order valence-electron chi connectivity index (χ0n) is 16.6. The molecule has 4 aromatic rings. The van der Waals surface area contributed by atoms with Gasteiger partial charge in [0.1, 0.15) is 5.75 Å². The third-order valence-corrected chi connectivity index (χ3v) is 6.17. The summed E-state index contributed by atoms with van der Waals surface area (Å²) >= 11 is 7.32. The average Bonchev–Trinajstić information content (AvgIpc) is 2.74.